The van der Waals surface area contributed by atoms with E-state index in [2.05, 4.69) is 5.32 Å². The number of piperidine rings is 1. The minimum Gasteiger partial charge on any atom is -0.481 e. The van der Waals surface area contributed by atoms with Crippen molar-refractivity contribution in [1.82, 2.24) is 10.2 Å². The van der Waals surface area contributed by atoms with Crippen LogP contribution in [0.1, 0.15) is 45.4 Å². The van der Waals surface area contributed by atoms with Gasteiger partial charge in [0.1, 0.15) is 0 Å². The zero-order valence-electron chi connectivity index (χ0n) is 12.1. The van der Waals surface area contributed by atoms with Gasteiger partial charge in [-0.1, -0.05) is 6.42 Å². The molecule has 1 saturated heterocycles. The minimum atomic E-state index is -0.745. The molecule has 0 radical (unpaired) electrons. The number of rotatable bonds is 2. The van der Waals surface area contributed by atoms with E-state index in [0.717, 1.165) is 12.3 Å². The van der Waals surface area contributed by atoms with Crippen LogP contribution in [-0.4, -0.2) is 41.1 Å². The summed E-state index contributed by atoms with van der Waals surface area (Å²) in [4.78, 5) is 25.3. The molecule has 2 saturated carbocycles. The van der Waals surface area contributed by atoms with Crippen molar-refractivity contribution in [3.63, 3.8) is 0 Å². The van der Waals surface area contributed by atoms with Gasteiger partial charge in [-0.25, -0.2) is 4.79 Å². The van der Waals surface area contributed by atoms with Crippen LogP contribution >= 0.6 is 0 Å². The fourth-order valence-corrected chi connectivity index (χ4v) is 4.09. The van der Waals surface area contributed by atoms with Crippen molar-refractivity contribution < 1.29 is 14.7 Å². The smallest absolute Gasteiger partial charge is 0.317 e. The van der Waals surface area contributed by atoms with Crippen molar-refractivity contribution in [2.45, 2.75) is 51.5 Å². The molecule has 5 nitrogen and oxygen atoms in total. The standard InChI is InChI=1S/C15H24N2O3/c1-15(13(18)19)4-6-17(7-5-15)14(20)16-12-9-10-2-3-11(12)8-10/h10-12H,2-9H2,1H3,(H,16,20)(H,18,19). The predicted molar refractivity (Wildman–Crippen MR) is 74.3 cm³/mol. The lowest BCUT2D eigenvalue weighted by molar-refractivity contribution is -0.150. The molecule has 0 aromatic rings. The molecule has 2 amide bonds. The van der Waals surface area contributed by atoms with Crippen molar-refractivity contribution in [1.29, 1.82) is 0 Å². The van der Waals surface area contributed by atoms with Crippen LogP contribution in [-0.2, 0) is 4.79 Å². The third kappa shape index (κ3) is 2.38. The van der Waals surface area contributed by atoms with Gasteiger partial charge in [-0.15, -0.1) is 0 Å². The second-order valence-corrected chi connectivity index (χ2v) is 7.08. The SMILES string of the molecule is CC1(C(=O)O)CCN(C(=O)NC2CC3CCC2C3)CC1. The van der Waals surface area contributed by atoms with Gasteiger partial charge in [0.2, 0.25) is 0 Å². The van der Waals surface area contributed by atoms with Crippen LogP contribution < -0.4 is 5.32 Å². The van der Waals surface area contributed by atoms with Gasteiger partial charge < -0.3 is 15.3 Å². The molecule has 2 bridgehead atoms. The first-order valence-electron chi connectivity index (χ1n) is 7.77. The maximum atomic E-state index is 12.3. The molecule has 3 fully saturated rings. The summed E-state index contributed by atoms with van der Waals surface area (Å²) in [6, 6.07) is 0.365. The Morgan fingerprint density at radius 2 is 1.90 bits per heavy atom. The fourth-order valence-electron chi connectivity index (χ4n) is 4.09. The Balaban J connectivity index is 1.51. The summed E-state index contributed by atoms with van der Waals surface area (Å²) in [7, 11) is 0. The molecule has 0 aromatic carbocycles. The topological polar surface area (TPSA) is 69.6 Å². The summed E-state index contributed by atoms with van der Waals surface area (Å²) < 4.78 is 0. The Kier molecular flexibility index (Phi) is 3.38. The summed E-state index contributed by atoms with van der Waals surface area (Å²) in [5.74, 6) is 0.755. The van der Waals surface area contributed by atoms with Crippen molar-refractivity contribution >= 4 is 12.0 Å². The third-order valence-electron chi connectivity index (χ3n) is 5.72. The molecule has 0 aromatic heterocycles. The lowest BCUT2D eigenvalue weighted by Gasteiger charge is -2.37. The molecule has 112 valence electrons. The number of carbonyl (C=O) groups excluding carboxylic acids is 1. The zero-order chi connectivity index (χ0) is 14.3. The Bertz CT molecular complexity index is 415. The number of aliphatic carboxylic acids is 1. The van der Waals surface area contributed by atoms with Crippen LogP contribution in [0.25, 0.3) is 0 Å². The lowest BCUT2D eigenvalue weighted by atomic mass is 9.80. The van der Waals surface area contributed by atoms with Crippen LogP contribution in [0.5, 0.6) is 0 Å². The Labute approximate surface area is 119 Å². The molecular weight excluding hydrogens is 256 g/mol. The molecule has 2 N–H and O–H groups in total. The van der Waals surface area contributed by atoms with Crippen LogP contribution in [0.4, 0.5) is 4.79 Å². The minimum absolute atomic E-state index is 0.00925. The molecule has 20 heavy (non-hydrogen) atoms. The summed E-state index contributed by atoms with van der Waals surface area (Å²) in [5.41, 5.74) is -0.663. The van der Waals surface area contributed by atoms with E-state index in [1.807, 2.05) is 0 Å². The molecule has 1 aliphatic heterocycles. The van der Waals surface area contributed by atoms with Crippen LogP contribution in [0, 0.1) is 17.3 Å². The maximum Gasteiger partial charge on any atom is 0.317 e. The van der Waals surface area contributed by atoms with Gasteiger partial charge >= 0.3 is 12.0 Å². The highest BCUT2D eigenvalue weighted by Crippen LogP contribution is 2.44. The Morgan fingerprint density at radius 1 is 1.20 bits per heavy atom. The second-order valence-electron chi connectivity index (χ2n) is 7.08. The Morgan fingerprint density at radius 3 is 2.40 bits per heavy atom. The molecule has 3 unspecified atom stereocenters. The Hall–Kier alpha value is -1.26. The van der Waals surface area contributed by atoms with Crippen molar-refractivity contribution in [3.8, 4) is 0 Å². The van der Waals surface area contributed by atoms with E-state index in [1.54, 1.807) is 11.8 Å². The molecule has 3 rings (SSSR count). The molecule has 5 heteroatoms. The largest absolute Gasteiger partial charge is 0.481 e. The number of urea groups is 1. The quantitative estimate of drug-likeness (QED) is 0.813. The first-order chi connectivity index (χ1) is 9.48. The number of fused-ring (bicyclic) bond motifs is 2. The highest BCUT2D eigenvalue weighted by atomic mass is 16.4. The second kappa shape index (κ2) is 4.93. The number of nitrogens with zero attached hydrogens (tertiary/aromatic N) is 1. The first kappa shape index (κ1) is 13.7. The van der Waals surface area contributed by atoms with E-state index in [0.29, 0.717) is 37.9 Å². The van der Waals surface area contributed by atoms with E-state index in [4.69, 9.17) is 0 Å². The monoisotopic (exact) mass is 280 g/mol. The molecule has 3 atom stereocenters. The third-order valence-corrected chi connectivity index (χ3v) is 5.72. The highest BCUT2D eigenvalue weighted by Gasteiger charge is 2.42. The summed E-state index contributed by atoms with van der Waals surface area (Å²) in [6.45, 7) is 2.88. The van der Waals surface area contributed by atoms with Gasteiger partial charge in [0.25, 0.3) is 0 Å². The zero-order valence-corrected chi connectivity index (χ0v) is 12.1. The van der Waals surface area contributed by atoms with Gasteiger partial charge in [0, 0.05) is 19.1 Å². The van der Waals surface area contributed by atoms with Gasteiger partial charge in [-0.2, -0.15) is 0 Å². The van der Waals surface area contributed by atoms with E-state index in [1.165, 1.54) is 19.3 Å². The van der Waals surface area contributed by atoms with Crippen LogP contribution in [0.15, 0.2) is 0 Å². The first-order valence-corrected chi connectivity index (χ1v) is 7.77. The number of hydrogen-bond acceptors (Lipinski definition) is 2. The summed E-state index contributed by atoms with van der Waals surface area (Å²) >= 11 is 0. The number of amides is 2. The lowest BCUT2D eigenvalue weighted by Crippen LogP contribution is -2.51. The van der Waals surface area contributed by atoms with E-state index >= 15 is 0 Å². The number of carboxylic acids is 1. The van der Waals surface area contributed by atoms with Crippen LogP contribution in [0.2, 0.25) is 0 Å². The van der Waals surface area contributed by atoms with E-state index < -0.39 is 11.4 Å². The van der Waals surface area contributed by atoms with E-state index in [9.17, 15) is 14.7 Å². The molecule has 3 aliphatic rings. The average molecular weight is 280 g/mol. The highest BCUT2D eigenvalue weighted by molar-refractivity contribution is 5.77. The van der Waals surface area contributed by atoms with Crippen molar-refractivity contribution in [3.05, 3.63) is 0 Å². The van der Waals surface area contributed by atoms with E-state index in [-0.39, 0.29) is 6.03 Å². The molecule has 0 spiro atoms. The summed E-state index contributed by atoms with van der Waals surface area (Å²) in [6.07, 6.45) is 6.10. The summed E-state index contributed by atoms with van der Waals surface area (Å²) in [5, 5.41) is 12.4. The maximum absolute atomic E-state index is 12.3. The van der Waals surface area contributed by atoms with Crippen molar-refractivity contribution in [2.75, 3.05) is 13.1 Å². The number of nitrogens with one attached hydrogen (secondary N) is 1. The number of carbonyl (C=O) groups is 2. The van der Waals surface area contributed by atoms with Crippen molar-refractivity contribution in [2.24, 2.45) is 17.3 Å². The van der Waals surface area contributed by atoms with Gasteiger partial charge in [0.05, 0.1) is 5.41 Å². The fraction of sp³-hybridized carbons (Fsp3) is 0.867. The molecular formula is C15H24N2O3. The number of hydrogen-bond donors (Lipinski definition) is 2. The van der Waals surface area contributed by atoms with Gasteiger partial charge in [0.15, 0.2) is 0 Å². The molecule has 1 heterocycles. The normalized spacial score (nSPS) is 35.0. The number of likely N-dealkylation sites (tertiary alicyclic amines) is 1. The van der Waals surface area contributed by atoms with Crippen LogP contribution in [0.3, 0.4) is 0 Å². The molecule has 2 aliphatic carbocycles. The number of carboxylic acid groups (broad SMARTS) is 1. The van der Waals surface area contributed by atoms with Gasteiger partial charge in [-0.05, 0) is 50.9 Å². The average Bonchev–Trinajstić information content (AvgIpc) is 3.01. The predicted octanol–water partition coefficient (Wildman–Crippen LogP) is 2.07. The van der Waals surface area contributed by atoms with Gasteiger partial charge in [-0.3, -0.25) is 4.79 Å².